The normalized spacial score (nSPS) is 13.8. The second-order valence-corrected chi connectivity index (χ2v) is 7.62. The lowest BCUT2D eigenvalue weighted by Crippen LogP contribution is -2.39. The molecule has 128 valence electrons. The standard InChI is InChI=1S/C19H24N2O2S/c1-4-5-6-7-10-21-16-11-15(19-13(2)24-14(3)20-19)8-9-17(16)23-12-18(21)22/h8-9,11H,4-7,10,12H2,1-3H3. The van der Waals surface area contributed by atoms with Crippen molar-refractivity contribution in [2.75, 3.05) is 18.1 Å². The number of hydrogen-bond acceptors (Lipinski definition) is 4. The summed E-state index contributed by atoms with van der Waals surface area (Å²) in [6, 6.07) is 6.05. The van der Waals surface area contributed by atoms with Crippen LogP contribution in [0, 0.1) is 13.8 Å². The Morgan fingerprint density at radius 2 is 2.08 bits per heavy atom. The van der Waals surface area contributed by atoms with Crippen LogP contribution in [0.5, 0.6) is 5.75 Å². The van der Waals surface area contributed by atoms with Gasteiger partial charge in [-0.1, -0.05) is 26.2 Å². The second-order valence-electron chi connectivity index (χ2n) is 6.21. The largest absolute Gasteiger partial charge is 0.482 e. The number of unbranched alkanes of at least 4 members (excludes halogenated alkanes) is 3. The van der Waals surface area contributed by atoms with Crippen molar-refractivity contribution in [3.05, 3.63) is 28.1 Å². The highest BCUT2D eigenvalue weighted by molar-refractivity contribution is 7.11. The maximum Gasteiger partial charge on any atom is 0.265 e. The van der Waals surface area contributed by atoms with Crippen LogP contribution in [-0.4, -0.2) is 24.0 Å². The van der Waals surface area contributed by atoms with Crippen LogP contribution < -0.4 is 9.64 Å². The highest BCUT2D eigenvalue weighted by Gasteiger charge is 2.26. The van der Waals surface area contributed by atoms with Crippen LogP contribution in [0.15, 0.2) is 18.2 Å². The molecule has 1 aliphatic rings. The lowest BCUT2D eigenvalue weighted by Gasteiger charge is -2.29. The smallest absolute Gasteiger partial charge is 0.265 e. The van der Waals surface area contributed by atoms with Crippen molar-refractivity contribution in [2.24, 2.45) is 0 Å². The Morgan fingerprint density at radius 3 is 2.79 bits per heavy atom. The molecule has 0 fully saturated rings. The average molecular weight is 344 g/mol. The number of aromatic nitrogens is 1. The molecular weight excluding hydrogens is 320 g/mol. The van der Waals surface area contributed by atoms with Crippen molar-refractivity contribution in [2.45, 2.75) is 46.5 Å². The molecule has 1 aliphatic heterocycles. The molecule has 0 saturated heterocycles. The zero-order chi connectivity index (χ0) is 17.1. The zero-order valence-electron chi connectivity index (χ0n) is 14.6. The highest BCUT2D eigenvalue weighted by atomic mass is 32.1. The van der Waals surface area contributed by atoms with Crippen molar-refractivity contribution in [1.29, 1.82) is 0 Å². The first-order valence-electron chi connectivity index (χ1n) is 8.61. The zero-order valence-corrected chi connectivity index (χ0v) is 15.4. The average Bonchev–Trinajstić information content (AvgIpc) is 2.91. The van der Waals surface area contributed by atoms with E-state index in [1.54, 1.807) is 11.3 Å². The predicted octanol–water partition coefficient (Wildman–Crippen LogP) is 4.73. The van der Waals surface area contributed by atoms with Gasteiger partial charge in [0.1, 0.15) is 5.75 Å². The fourth-order valence-electron chi connectivity index (χ4n) is 3.09. The summed E-state index contributed by atoms with van der Waals surface area (Å²) in [6.07, 6.45) is 4.58. The first-order valence-corrected chi connectivity index (χ1v) is 9.43. The minimum absolute atomic E-state index is 0.0438. The number of benzene rings is 1. The lowest BCUT2D eigenvalue weighted by molar-refractivity contribution is -0.121. The van der Waals surface area contributed by atoms with Gasteiger partial charge >= 0.3 is 0 Å². The van der Waals surface area contributed by atoms with E-state index >= 15 is 0 Å². The van der Waals surface area contributed by atoms with E-state index in [0.717, 1.165) is 47.1 Å². The topological polar surface area (TPSA) is 42.4 Å². The third-order valence-electron chi connectivity index (χ3n) is 4.31. The van der Waals surface area contributed by atoms with E-state index in [0.29, 0.717) is 0 Å². The highest BCUT2D eigenvalue weighted by Crippen LogP contribution is 2.37. The van der Waals surface area contributed by atoms with E-state index in [2.05, 4.69) is 18.8 Å². The maximum atomic E-state index is 12.3. The fourth-order valence-corrected chi connectivity index (χ4v) is 3.93. The fraction of sp³-hybridized carbons (Fsp3) is 0.474. The summed E-state index contributed by atoms with van der Waals surface area (Å²) in [5.74, 6) is 0.834. The Kier molecular flexibility index (Phi) is 5.19. The van der Waals surface area contributed by atoms with Crippen molar-refractivity contribution >= 4 is 22.9 Å². The summed E-state index contributed by atoms with van der Waals surface area (Å²) < 4.78 is 5.61. The van der Waals surface area contributed by atoms with Crippen LogP contribution in [0.2, 0.25) is 0 Å². The molecule has 0 spiro atoms. The Morgan fingerprint density at radius 1 is 1.25 bits per heavy atom. The van der Waals surface area contributed by atoms with Crippen molar-refractivity contribution in [3.8, 4) is 17.0 Å². The Balaban J connectivity index is 1.89. The van der Waals surface area contributed by atoms with Gasteiger partial charge in [-0.3, -0.25) is 4.79 Å². The summed E-state index contributed by atoms with van der Waals surface area (Å²) in [5, 5.41) is 1.06. The molecule has 4 nitrogen and oxygen atoms in total. The number of hydrogen-bond donors (Lipinski definition) is 0. The summed E-state index contributed by atoms with van der Waals surface area (Å²) in [4.78, 5) is 20.0. The monoisotopic (exact) mass is 344 g/mol. The van der Waals surface area contributed by atoms with Crippen LogP contribution >= 0.6 is 11.3 Å². The van der Waals surface area contributed by atoms with Gasteiger partial charge in [0.2, 0.25) is 0 Å². The minimum Gasteiger partial charge on any atom is -0.482 e. The third-order valence-corrected chi connectivity index (χ3v) is 5.20. The van der Waals surface area contributed by atoms with Crippen LogP contribution in [0.1, 0.15) is 42.5 Å². The Bertz CT molecular complexity index is 739. The van der Waals surface area contributed by atoms with Crippen molar-refractivity contribution in [1.82, 2.24) is 4.98 Å². The molecule has 2 aromatic rings. The summed E-state index contributed by atoms with van der Waals surface area (Å²) in [6.45, 7) is 7.19. The van der Waals surface area contributed by atoms with Gasteiger partial charge in [-0.15, -0.1) is 11.3 Å². The molecule has 0 unspecified atom stereocenters. The predicted molar refractivity (Wildman–Crippen MR) is 99.0 cm³/mol. The number of ether oxygens (including phenoxy) is 1. The molecular formula is C19H24N2O2S. The molecule has 1 aromatic carbocycles. The molecule has 5 heteroatoms. The van der Waals surface area contributed by atoms with E-state index in [9.17, 15) is 4.79 Å². The molecule has 1 amide bonds. The van der Waals surface area contributed by atoms with Gasteiger partial charge < -0.3 is 9.64 Å². The number of anilines is 1. The molecule has 0 radical (unpaired) electrons. The van der Waals surface area contributed by atoms with Gasteiger partial charge in [-0.05, 0) is 38.5 Å². The van der Waals surface area contributed by atoms with E-state index in [-0.39, 0.29) is 12.5 Å². The van der Waals surface area contributed by atoms with Crippen LogP contribution in [0.25, 0.3) is 11.3 Å². The SMILES string of the molecule is CCCCCCN1C(=O)COc2ccc(-c3nc(C)sc3C)cc21. The van der Waals surface area contributed by atoms with Crippen LogP contribution in [0.4, 0.5) is 5.69 Å². The van der Waals surface area contributed by atoms with Crippen molar-refractivity contribution < 1.29 is 9.53 Å². The van der Waals surface area contributed by atoms with Gasteiger partial charge in [0.05, 0.1) is 16.4 Å². The number of amides is 1. The quantitative estimate of drug-likeness (QED) is 0.711. The number of aryl methyl sites for hydroxylation is 2. The Hall–Kier alpha value is -1.88. The number of nitrogens with zero attached hydrogens (tertiary/aromatic N) is 2. The first kappa shape index (κ1) is 17.0. The molecule has 0 atom stereocenters. The van der Waals surface area contributed by atoms with Gasteiger partial charge in [0.15, 0.2) is 6.61 Å². The third kappa shape index (κ3) is 3.46. The minimum atomic E-state index is 0.0438. The van der Waals surface area contributed by atoms with Gasteiger partial charge in [-0.2, -0.15) is 0 Å². The van der Waals surface area contributed by atoms with E-state index in [4.69, 9.17) is 4.74 Å². The number of carbonyl (C=O) groups is 1. The number of rotatable bonds is 6. The van der Waals surface area contributed by atoms with E-state index < -0.39 is 0 Å². The number of thiazole rings is 1. The van der Waals surface area contributed by atoms with E-state index in [1.165, 1.54) is 17.7 Å². The van der Waals surface area contributed by atoms with Gasteiger partial charge in [0.25, 0.3) is 5.91 Å². The molecule has 0 aliphatic carbocycles. The molecule has 0 saturated carbocycles. The van der Waals surface area contributed by atoms with Crippen molar-refractivity contribution in [3.63, 3.8) is 0 Å². The second kappa shape index (κ2) is 7.34. The number of fused-ring (bicyclic) bond motifs is 1. The maximum absolute atomic E-state index is 12.3. The summed E-state index contributed by atoms with van der Waals surface area (Å²) in [7, 11) is 0. The molecule has 3 rings (SSSR count). The Labute approximate surface area is 147 Å². The first-order chi connectivity index (χ1) is 11.6. The molecule has 2 heterocycles. The molecule has 0 N–H and O–H groups in total. The lowest BCUT2D eigenvalue weighted by atomic mass is 10.1. The summed E-state index contributed by atoms with van der Waals surface area (Å²) in [5.41, 5.74) is 2.93. The van der Waals surface area contributed by atoms with Crippen LogP contribution in [0.3, 0.4) is 0 Å². The molecule has 0 bridgehead atoms. The molecule has 24 heavy (non-hydrogen) atoms. The summed E-state index contributed by atoms with van der Waals surface area (Å²) >= 11 is 1.70. The number of carbonyl (C=O) groups excluding carboxylic acids is 1. The van der Waals surface area contributed by atoms with Gasteiger partial charge in [-0.25, -0.2) is 4.98 Å². The van der Waals surface area contributed by atoms with Crippen LogP contribution in [-0.2, 0) is 4.79 Å². The van der Waals surface area contributed by atoms with Gasteiger partial charge in [0, 0.05) is 17.0 Å². The molecule has 1 aromatic heterocycles. The van der Waals surface area contributed by atoms with E-state index in [1.807, 2.05) is 30.0 Å².